The van der Waals surface area contributed by atoms with Crippen molar-refractivity contribution in [2.45, 2.75) is 26.2 Å². The number of nitrogens with one attached hydrogen (secondary N) is 2. The molecule has 1 atom stereocenters. The highest BCUT2D eigenvalue weighted by Crippen LogP contribution is 2.36. The predicted octanol–water partition coefficient (Wildman–Crippen LogP) is 5.77. The van der Waals surface area contributed by atoms with Gasteiger partial charge in [-0.25, -0.2) is 0 Å². The zero-order valence-corrected chi connectivity index (χ0v) is 16.4. The summed E-state index contributed by atoms with van der Waals surface area (Å²) in [5, 5.41) is 5.13. The van der Waals surface area contributed by atoms with Gasteiger partial charge in [-0.3, -0.25) is 4.79 Å². The van der Waals surface area contributed by atoms with E-state index in [1.807, 2.05) is 36.5 Å². The third kappa shape index (κ3) is 4.22. The van der Waals surface area contributed by atoms with Gasteiger partial charge in [-0.2, -0.15) is 0 Å². The van der Waals surface area contributed by atoms with Crippen molar-refractivity contribution in [1.82, 2.24) is 10.3 Å². The van der Waals surface area contributed by atoms with Crippen LogP contribution >= 0.6 is 23.2 Å². The highest BCUT2D eigenvalue weighted by molar-refractivity contribution is 6.42. The van der Waals surface area contributed by atoms with Crippen LogP contribution in [0.3, 0.4) is 0 Å². The summed E-state index contributed by atoms with van der Waals surface area (Å²) >= 11 is 12.3. The van der Waals surface area contributed by atoms with E-state index in [0.717, 1.165) is 22.0 Å². The molecule has 136 valence electrons. The van der Waals surface area contributed by atoms with Crippen molar-refractivity contribution in [2.24, 2.45) is 5.92 Å². The smallest absolute Gasteiger partial charge is 0.220 e. The number of aromatic nitrogens is 1. The Morgan fingerprint density at radius 3 is 2.62 bits per heavy atom. The van der Waals surface area contributed by atoms with E-state index >= 15 is 0 Å². The van der Waals surface area contributed by atoms with Crippen LogP contribution < -0.4 is 5.32 Å². The molecule has 0 fully saturated rings. The molecule has 1 aromatic heterocycles. The van der Waals surface area contributed by atoms with Gasteiger partial charge in [0.15, 0.2) is 0 Å². The third-order valence-electron chi connectivity index (χ3n) is 4.44. The Kier molecular flexibility index (Phi) is 5.90. The number of amides is 1. The molecular formula is C21H22Cl2N2O. The molecular weight excluding hydrogens is 367 g/mol. The van der Waals surface area contributed by atoms with Gasteiger partial charge >= 0.3 is 0 Å². The van der Waals surface area contributed by atoms with Crippen molar-refractivity contribution in [2.75, 3.05) is 6.54 Å². The fourth-order valence-corrected chi connectivity index (χ4v) is 3.40. The Morgan fingerprint density at radius 2 is 1.88 bits per heavy atom. The summed E-state index contributed by atoms with van der Waals surface area (Å²) in [6.07, 6.45) is 2.33. The quantitative estimate of drug-likeness (QED) is 0.552. The van der Waals surface area contributed by atoms with Crippen LogP contribution in [0.1, 0.15) is 37.3 Å². The molecule has 3 aromatic rings. The number of hydrogen-bond donors (Lipinski definition) is 2. The van der Waals surface area contributed by atoms with Gasteiger partial charge in [0.1, 0.15) is 0 Å². The minimum Gasteiger partial charge on any atom is -0.361 e. The van der Waals surface area contributed by atoms with E-state index in [1.54, 1.807) is 6.07 Å². The fraction of sp³-hybridized carbons (Fsp3) is 0.286. The number of carbonyl (C=O) groups is 1. The second-order valence-corrected chi connectivity index (χ2v) is 7.73. The lowest BCUT2D eigenvalue weighted by Gasteiger charge is -2.18. The molecule has 5 heteroatoms. The Balaban J connectivity index is 1.98. The first-order chi connectivity index (χ1) is 12.5. The predicted molar refractivity (Wildman–Crippen MR) is 109 cm³/mol. The molecule has 3 rings (SSSR count). The lowest BCUT2D eigenvalue weighted by Crippen LogP contribution is -2.28. The third-order valence-corrected chi connectivity index (χ3v) is 5.18. The summed E-state index contributed by atoms with van der Waals surface area (Å²) in [5.41, 5.74) is 3.11. The number of carbonyl (C=O) groups excluding carboxylic acids is 1. The SMILES string of the molecule is CC(C)CNC(=O)C[C@@H](c1ccc(Cl)c(Cl)c1)c1c[nH]c2ccccc12. The number of hydrogen-bond acceptors (Lipinski definition) is 1. The van der Waals surface area contributed by atoms with Gasteiger partial charge in [0.2, 0.25) is 5.91 Å². The molecule has 0 aliphatic heterocycles. The van der Waals surface area contributed by atoms with Gasteiger partial charge in [-0.15, -0.1) is 0 Å². The van der Waals surface area contributed by atoms with Crippen LogP contribution in [0, 0.1) is 5.92 Å². The topological polar surface area (TPSA) is 44.9 Å². The molecule has 2 N–H and O–H groups in total. The van der Waals surface area contributed by atoms with Crippen molar-refractivity contribution in [3.05, 3.63) is 69.8 Å². The van der Waals surface area contributed by atoms with Crippen molar-refractivity contribution in [3.63, 3.8) is 0 Å². The largest absolute Gasteiger partial charge is 0.361 e. The summed E-state index contributed by atoms with van der Waals surface area (Å²) in [4.78, 5) is 15.8. The van der Waals surface area contributed by atoms with E-state index in [9.17, 15) is 4.79 Å². The second-order valence-electron chi connectivity index (χ2n) is 6.92. The minimum absolute atomic E-state index is 0.0278. The molecule has 0 saturated carbocycles. The van der Waals surface area contributed by atoms with Crippen LogP contribution in [-0.4, -0.2) is 17.4 Å². The maximum atomic E-state index is 12.5. The Bertz CT molecular complexity index is 917. The van der Waals surface area contributed by atoms with E-state index < -0.39 is 0 Å². The standard InChI is InChI=1S/C21H22Cl2N2O/c1-13(2)11-25-21(26)10-16(14-7-8-18(22)19(23)9-14)17-12-24-20-6-4-3-5-15(17)20/h3-9,12-13,16,24H,10-11H2,1-2H3,(H,25,26)/t16-/m0/s1. The molecule has 26 heavy (non-hydrogen) atoms. The lowest BCUT2D eigenvalue weighted by molar-refractivity contribution is -0.121. The lowest BCUT2D eigenvalue weighted by atomic mass is 9.88. The number of rotatable bonds is 6. The van der Waals surface area contributed by atoms with Crippen molar-refractivity contribution in [1.29, 1.82) is 0 Å². The number of halogens is 2. The van der Waals surface area contributed by atoms with Gasteiger partial charge in [-0.1, -0.05) is 61.3 Å². The average molecular weight is 389 g/mol. The zero-order valence-electron chi connectivity index (χ0n) is 14.9. The fourth-order valence-electron chi connectivity index (χ4n) is 3.09. The molecule has 0 saturated heterocycles. The zero-order chi connectivity index (χ0) is 18.7. The summed E-state index contributed by atoms with van der Waals surface area (Å²) in [7, 11) is 0. The van der Waals surface area contributed by atoms with Gasteiger partial charge < -0.3 is 10.3 Å². The van der Waals surface area contributed by atoms with E-state index in [4.69, 9.17) is 23.2 Å². The summed E-state index contributed by atoms with van der Waals surface area (Å²) in [6.45, 7) is 4.83. The van der Waals surface area contributed by atoms with Crippen LogP contribution in [-0.2, 0) is 4.79 Å². The first-order valence-electron chi connectivity index (χ1n) is 8.73. The highest BCUT2D eigenvalue weighted by atomic mass is 35.5. The van der Waals surface area contributed by atoms with E-state index in [2.05, 4.69) is 30.2 Å². The van der Waals surface area contributed by atoms with Gasteiger partial charge in [0, 0.05) is 36.0 Å². The maximum absolute atomic E-state index is 12.5. The van der Waals surface area contributed by atoms with E-state index in [-0.39, 0.29) is 11.8 Å². The normalized spacial score (nSPS) is 12.5. The molecule has 0 unspecified atom stereocenters. The van der Waals surface area contributed by atoms with Crippen molar-refractivity contribution < 1.29 is 4.79 Å². The highest BCUT2D eigenvalue weighted by Gasteiger charge is 2.22. The molecule has 1 heterocycles. The summed E-state index contributed by atoms with van der Waals surface area (Å²) in [6, 6.07) is 13.7. The molecule has 0 aliphatic rings. The molecule has 3 nitrogen and oxygen atoms in total. The average Bonchev–Trinajstić information content (AvgIpc) is 3.04. The monoisotopic (exact) mass is 388 g/mol. The molecule has 0 spiro atoms. The molecule has 0 bridgehead atoms. The van der Waals surface area contributed by atoms with Crippen LogP contribution in [0.5, 0.6) is 0 Å². The van der Waals surface area contributed by atoms with Gasteiger partial charge in [0.05, 0.1) is 10.0 Å². The maximum Gasteiger partial charge on any atom is 0.220 e. The van der Waals surface area contributed by atoms with Crippen LogP contribution in [0.4, 0.5) is 0 Å². The Labute approximate surface area is 163 Å². The minimum atomic E-state index is -0.104. The number of para-hydroxylation sites is 1. The van der Waals surface area contributed by atoms with Crippen LogP contribution in [0.15, 0.2) is 48.7 Å². The van der Waals surface area contributed by atoms with Crippen molar-refractivity contribution in [3.8, 4) is 0 Å². The van der Waals surface area contributed by atoms with Crippen LogP contribution in [0.25, 0.3) is 10.9 Å². The van der Waals surface area contributed by atoms with E-state index in [1.165, 1.54) is 0 Å². The first kappa shape index (κ1) is 18.8. The number of fused-ring (bicyclic) bond motifs is 1. The number of benzene rings is 2. The van der Waals surface area contributed by atoms with Gasteiger partial charge in [0.25, 0.3) is 0 Å². The van der Waals surface area contributed by atoms with E-state index in [0.29, 0.717) is 28.9 Å². The van der Waals surface area contributed by atoms with Crippen molar-refractivity contribution >= 4 is 40.0 Å². The molecule has 1 amide bonds. The van der Waals surface area contributed by atoms with Crippen LogP contribution in [0.2, 0.25) is 10.0 Å². The molecule has 0 radical (unpaired) electrons. The Morgan fingerprint density at radius 1 is 1.12 bits per heavy atom. The number of aromatic amines is 1. The molecule has 0 aliphatic carbocycles. The Hall–Kier alpha value is -1.97. The van der Waals surface area contributed by atoms with Gasteiger partial charge in [-0.05, 0) is 35.2 Å². The number of H-pyrrole nitrogens is 1. The molecule has 2 aromatic carbocycles. The first-order valence-corrected chi connectivity index (χ1v) is 9.49. The summed E-state index contributed by atoms with van der Waals surface area (Å²) < 4.78 is 0. The second kappa shape index (κ2) is 8.15. The summed E-state index contributed by atoms with van der Waals surface area (Å²) in [5.74, 6) is 0.337.